The lowest BCUT2D eigenvalue weighted by Gasteiger charge is -2.31. The highest BCUT2D eigenvalue weighted by molar-refractivity contribution is 5.81. The molecule has 0 aromatic carbocycles. The number of rotatable bonds is 1. The van der Waals surface area contributed by atoms with Crippen LogP contribution in [-0.2, 0) is 9.53 Å². The first-order valence-electron chi connectivity index (χ1n) is 4.43. The topological polar surface area (TPSA) is 29.5 Å². The predicted octanol–water partition coefficient (Wildman–Crippen LogP) is 1.03. The second-order valence-corrected chi connectivity index (χ2v) is 3.13. The molecule has 0 aromatic heterocycles. The summed E-state index contributed by atoms with van der Waals surface area (Å²) in [6.07, 6.45) is 9.22. The number of halogens is 1. The first-order valence-corrected chi connectivity index (χ1v) is 4.43. The van der Waals surface area contributed by atoms with Crippen molar-refractivity contribution in [3.05, 3.63) is 29.8 Å². The van der Waals surface area contributed by atoms with Gasteiger partial charge in [-0.25, -0.2) is 4.39 Å². The van der Waals surface area contributed by atoms with E-state index < -0.39 is 0 Å². The van der Waals surface area contributed by atoms with Crippen molar-refractivity contribution in [3.8, 4) is 12.3 Å². The lowest BCUT2D eigenvalue weighted by atomic mass is 10.1. The van der Waals surface area contributed by atoms with E-state index in [-0.39, 0.29) is 31.3 Å². The van der Waals surface area contributed by atoms with E-state index in [1.165, 1.54) is 11.0 Å². The molecule has 2 rings (SSSR count). The summed E-state index contributed by atoms with van der Waals surface area (Å²) in [7, 11) is 0. The van der Waals surface area contributed by atoms with Gasteiger partial charge in [-0.2, -0.15) is 0 Å². The highest BCUT2D eigenvalue weighted by Gasteiger charge is 2.29. The fourth-order valence-corrected chi connectivity index (χ4v) is 1.46. The van der Waals surface area contributed by atoms with Crippen LogP contribution >= 0.6 is 0 Å². The third-order valence-electron chi connectivity index (χ3n) is 2.12. The molecule has 76 valence electrons. The molecule has 3 nitrogen and oxygen atoms in total. The van der Waals surface area contributed by atoms with Crippen molar-refractivity contribution in [3.63, 3.8) is 0 Å². The van der Waals surface area contributed by atoms with Gasteiger partial charge in [0, 0.05) is 18.9 Å². The number of terminal acetylenes is 1. The summed E-state index contributed by atoms with van der Waals surface area (Å²) >= 11 is 0. The van der Waals surface area contributed by atoms with Crippen LogP contribution in [0.25, 0.3) is 0 Å². The Kier molecular flexibility index (Phi) is 2.46. The van der Waals surface area contributed by atoms with Gasteiger partial charge in [0.1, 0.15) is 11.6 Å². The zero-order chi connectivity index (χ0) is 10.8. The number of allylic oxidation sites excluding steroid dienone is 3. The molecule has 1 heterocycles. The summed E-state index contributed by atoms with van der Waals surface area (Å²) in [4.78, 5) is 12.8. The fourth-order valence-electron chi connectivity index (χ4n) is 1.46. The van der Waals surface area contributed by atoms with Gasteiger partial charge in [-0.1, -0.05) is 5.92 Å². The molecule has 1 aliphatic carbocycles. The molecule has 0 fully saturated rings. The van der Waals surface area contributed by atoms with E-state index in [9.17, 15) is 9.18 Å². The van der Waals surface area contributed by atoms with Crippen LogP contribution in [0.4, 0.5) is 4.39 Å². The van der Waals surface area contributed by atoms with Crippen LogP contribution < -0.4 is 0 Å². The van der Waals surface area contributed by atoms with Crippen molar-refractivity contribution in [1.29, 1.82) is 0 Å². The van der Waals surface area contributed by atoms with Crippen molar-refractivity contribution in [2.45, 2.75) is 6.42 Å². The average molecular weight is 205 g/mol. The van der Waals surface area contributed by atoms with Gasteiger partial charge in [0.15, 0.2) is 6.61 Å². The van der Waals surface area contributed by atoms with E-state index in [1.807, 2.05) is 0 Å². The van der Waals surface area contributed by atoms with Gasteiger partial charge in [0.25, 0.3) is 5.91 Å². The van der Waals surface area contributed by atoms with E-state index in [1.54, 1.807) is 0 Å². The van der Waals surface area contributed by atoms with E-state index in [0.29, 0.717) is 11.5 Å². The quantitative estimate of drug-likeness (QED) is 0.598. The Morgan fingerprint density at radius 1 is 1.73 bits per heavy atom. The van der Waals surface area contributed by atoms with Gasteiger partial charge in [0.05, 0.1) is 12.2 Å². The second-order valence-electron chi connectivity index (χ2n) is 3.13. The highest BCUT2D eigenvalue weighted by atomic mass is 19.1. The van der Waals surface area contributed by atoms with E-state index in [0.717, 1.165) is 0 Å². The first-order chi connectivity index (χ1) is 7.22. The third-order valence-corrected chi connectivity index (χ3v) is 2.12. The number of carbonyl (C=O) groups is 1. The minimum absolute atomic E-state index is 0.0521. The number of ether oxygens (including phenoxy) is 1. The monoisotopic (exact) mass is 205 g/mol. The minimum atomic E-state index is -0.330. The van der Waals surface area contributed by atoms with Crippen LogP contribution in [-0.4, -0.2) is 24.0 Å². The van der Waals surface area contributed by atoms with E-state index in [4.69, 9.17) is 11.2 Å². The third kappa shape index (κ3) is 1.73. The van der Waals surface area contributed by atoms with Crippen LogP contribution in [0.3, 0.4) is 0 Å². The van der Waals surface area contributed by atoms with Gasteiger partial charge in [0.2, 0.25) is 0 Å². The summed E-state index contributed by atoms with van der Waals surface area (Å²) in [5.41, 5.74) is 0.450. The zero-order valence-electron chi connectivity index (χ0n) is 7.92. The molecular formula is C11H8FNO2. The molecule has 1 aliphatic heterocycles. The second kappa shape index (κ2) is 3.77. The Morgan fingerprint density at radius 2 is 2.53 bits per heavy atom. The summed E-state index contributed by atoms with van der Waals surface area (Å²) in [6, 6.07) is 0. The van der Waals surface area contributed by atoms with Crippen molar-refractivity contribution in [2.24, 2.45) is 0 Å². The van der Waals surface area contributed by atoms with Crippen LogP contribution in [0.2, 0.25) is 0 Å². The standard InChI is InChI=1S/C11H8FNO2/c1-2-5-13-9-4-3-8(12)6-10(9)15-7-11(13)14/h1,6H,3,5,7H2. The molecule has 0 atom stereocenters. The molecule has 1 amide bonds. The summed E-state index contributed by atoms with van der Waals surface area (Å²) in [5, 5.41) is 0. The lowest BCUT2D eigenvalue weighted by Crippen LogP contribution is -2.39. The summed E-state index contributed by atoms with van der Waals surface area (Å²) in [6.45, 7) is 0.0511. The maximum Gasteiger partial charge on any atom is 0.265 e. The Labute approximate surface area is 87.2 Å². The number of hydrogen-bond donors (Lipinski definition) is 0. The van der Waals surface area contributed by atoms with Gasteiger partial charge >= 0.3 is 0 Å². The Hall–Kier alpha value is -1.76. The highest BCUT2D eigenvalue weighted by Crippen LogP contribution is 2.29. The Morgan fingerprint density at radius 3 is 3.27 bits per heavy atom. The summed E-state index contributed by atoms with van der Waals surface area (Å²) in [5.74, 6) is 2.14. The molecule has 2 radical (unpaired) electrons. The maximum atomic E-state index is 12.9. The largest absolute Gasteiger partial charge is 0.482 e. The van der Waals surface area contributed by atoms with E-state index in [2.05, 4.69) is 12.3 Å². The molecule has 2 aliphatic rings. The Balaban J connectivity index is 2.34. The predicted molar refractivity (Wildman–Crippen MR) is 50.6 cm³/mol. The number of carbonyl (C=O) groups excluding carboxylic acids is 1. The van der Waals surface area contributed by atoms with Gasteiger partial charge in [-0.15, -0.1) is 6.42 Å². The van der Waals surface area contributed by atoms with Crippen molar-refractivity contribution < 1.29 is 13.9 Å². The molecule has 0 bridgehead atoms. The average Bonchev–Trinajstić information content (AvgIpc) is 2.22. The normalized spacial score (nSPS) is 20.4. The van der Waals surface area contributed by atoms with Gasteiger partial charge < -0.3 is 4.74 Å². The van der Waals surface area contributed by atoms with Crippen molar-refractivity contribution in [1.82, 2.24) is 4.90 Å². The number of nitrogens with zero attached hydrogens (tertiary/aromatic N) is 1. The van der Waals surface area contributed by atoms with Crippen molar-refractivity contribution >= 4 is 5.91 Å². The molecule has 0 saturated carbocycles. The van der Waals surface area contributed by atoms with Crippen LogP contribution in [0, 0.1) is 18.8 Å². The van der Waals surface area contributed by atoms with Crippen LogP contribution in [0.1, 0.15) is 6.42 Å². The van der Waals surface area contributed by atoms with Crippen LogP contribution in [0.15, 0.2) is 23.4 Å². The Bertz CT molecular complexity index is 403. The first kappa shape index (κ1) is 9.78. The molecule has 0 N–H and O–H groups in total. The lowest BCUT2D eigenvalue weighted by molar-refractivity contribution is -0.134. The minimum Gasteiger partial charge on any atom is -0.482 e. The number of amides is 1. The molecule has 0 unspecified atom stereocenters. The molecule has 0 aromatic rings. The zero-order valence-corrected chi connectivity index (χ0v) is 7.92. The SMILES string of the molecule is C#CCN1C(=O)COC2=C1[C]CC(F)=C2. The fraction of sp³-hybridized carbons (Fsp3) is 0.273. The van der Waals surface area contributed by atoms with Gasteiger partial charge in [-0.05, 0) is 0 Å². The van der Waals surface area contributed by atoms with Gasteiger partial charge in [-0.3, -0.25) is 9.69 Å². The molecule has 4 heteroatoms. The van der Waals surface area contributed by atoms with Crippen molar-refractivity contribution in [2.75, 3.05) is 13.2 Å². The molecule has 15 heavy (non-hydrogen) atoms. The number of hydrogen-bond acceptors (Lipinski definition) is 2. The van der Waals surface area contributed by atoms with E-state index >= 15 is 0 Å². The van der Waals surface area contributed by atoms with Crippen LogP contribution in [0.5, 0.6) is 0 Å². The maximum absolute atomic E-state index is 12.9. The molecule has 0 spiro atoms. The molecule has 0 saturated heterocycles. The smallest absolute Gasteiger partial charge is 0.265 e. The molecular weight excluding hydrogens is 197 g/mol. The summed E-state index contributed by atoms with van der Waals surface area (Å²) < 4.78 is 18.0.